The van der Waals surface area contributed by atoms with E-state index in [-0.39, 0.29) is 18.4 Å². The summed E-state index contributed by atoms with van der Waals surface area (Å²) in [5.41, 5.74) is 1.10. The van der Waals surface area contributed by atoms with Crippen LogP contribution in [0.3, 0.4) is 0 Å². The van der Waals surface area contributed by atoms with Gasteiger partial charge in [-0.2, -0.15) is 0 Å². The molecule has 0 saturated carbocycles. The van der Waals surface area contributed by atoms with E-state index in [2.05, 4.69) is 5.32 Å². The number of amides is 2. The Morgan fingerprint density at radius 2 is 1.74 bits per heavy atom. The van der Waals surface area contributed by atoms with Gasteiger partial charge in [0.15, 0.2) is 5.60 Å². The van der Waals surface area contributed by atoms with Crippen LogP contribution in [0.5, 0.6) is 5.75 Å². The maximum atomic E-state index is 14.3. The molecule has 2 amide bonds. The minimum Gasteiger partial charge on any atom is -0.476 e. The molecule has 3 aromatic rings. The van der Waals surface area contributed by atoms with Gasteiger partial charge >= 0.3 is 0 Å². The van der Waals surface area contributed by atoms with Crippen molar-refractivity contribution < 1.29 is 18.7 Å². The number of anilines is 1. The van der Waals surface area contributed by atoms with Crippen molar-refractivity contribution in [1.82, 2.24) is 5.32 Å². The quantitative estimate of drug-likeness (QED) is 0.666. The first-order valence-electron chi connectivity index (χ1n) is 10.1. The largest absolute Gasteiger partial charge is 0.476 e. The summed E-state index contributed by atoms with van der Waals surface area (Å²) in [6.07, 6.45) is 0. The molecule has 0 spiro atoms. The maximum absolute atomic E-state index is 14.3. The van der Waals surface area contributed by atoms with E-state index in [0.29, 0.717) is 29.1 Å². The highest BCUT2D eigenvalue weighted by Crippen LogP contribution is 2.39. The first kappa shape index (κ1) is 20.6. The van der Waals surface area contributed by atoms with Crippen LogP contribution < -0.4 is 15.0 Å². The Labute approximate surface area is 180 Å². The van der Waals surface area contributed by atoms with Crippen molar-refractivity contribution in [2.24, 2.45) is 0 Å². The minimum absolute atomic E-state index is 0.0420. The van der Waals surface area contributed by atoms with Crippen LogP contribution in [0.25, 0.3) is 0 Å². The third-order valence-corrected chi connectivity index (χ3v) is 5.22. The fourth-order valence-electron chi connectivity index (χ4n) is 3.54. The van der Waals surface area contributed by atoms with Crippen molar-refractivity contribution in [1.29, 1.82) is 0 Å². The summed E-state index contributed by atoms with van der Waals surface area (Å²) in [6.45, 7) is 3.78. The van der Waals surface area contributed by atoms with Gasteiger partial charge in [-0.15, -0.1) is 0 Å². The average molecular weight is 418 g/mol. The Morgan fingerprint density at radius 3 is 2.48 bits per heavy atom. The zero-order valence-electron chi connectivity index (χ0n) is 17.4. The van der Waals surface area contributed by atoms with E-state index in [4.69, 9.17) is 4.74 Å². The second-order valence-corrected chi connectivity index (χ2v) is 7.95. The van der Waals surface area contributed by atoms with Gasteiger partial charge in [-0.1, -0.05) is 48.5 Å². The summed E-state index contributed by atoms with van der Waals surface area (Å²) >= 11 is 0. The Bertz CT molecular complexity index is 1130. The van der Waals surface area contributed by atoms with Gasteiger partial charge in [0.25, 0.3) is 11.8 Å². The van der Waals surface area contributed by atoms with Crippen molar-refractivity contribution in [2.45, 2.75) is 32.5 Å². The summed E-state index contributed by atoms with van der Waals surface area (Å²) in [7, 11) is 0. The van der Waals surface area contributed by atoms with Crippen molar-refractivity contribution in [2.75, 3.05) is 4.90 Å². The predicted octanol–water partition coefficient (Wildman–Crippen LogP) is 4.46. The van der Waals surface area contributed by atoms with Crippen LogP contribution in [0, 0.1) is 5.82 Å². The molecule has 0 radical (unpaired) electrons. The average Bonchev–Trinajstić information content (AvgIpc) is 2.77. The van der Waals surface area contributed by atoms with Crippen LogP contribution in [-0.2, 0) is 17.9 Å². The molecule has 4 rings (SSSR count). The summed E-state index contributed by atoms with van der Waals surface area (Å²) in [5.74, 6) is -0.488. The summed E-state index contributed by atoms with van der Waals surface area (Å²) in [5, 5.41) is 2.88. The first-order chi connectivity index (χ1) is 14.8. The molecule has 0 saturated heterocycles. The van der Waals surface area contributed by atoms with Crippen molar-refractivity contribution in [3.63, 3.8) is 0 Å². The Hall–Kier alpha value is -3.67. The number of hydrogen-bond acceptors (Lipinski definition) is 3. The molecule has 3 aromatic carbocycles. The Morgan fingerprint density at radius 1 is 1.03 bits per heavy atom. The van der Waals surface area contributed by atoms with Gasteiger partial charge in [0.2, 0.25) is 0 Å². The van der Waals surface area contributed by atoms with Crippen molar-refractivity contribution >= 4 is 17.5 Å². The number of ether oxygens (including phenoxy) is 1. The number of halogens is 1. The van der Waals surface area contributed by atoms with Crippen LogP contribution in [-0.4, -0.2) is 17.4 Å². The normalized spacial score (nSPS) is 14.5. The molecule has 1 N–H and O–H groups in total. The molecule has 6 heteroatoms. The molecule has 0 aromatic heterocycles. The zero-order chi connectivity index (χ0) is 22.0. The van der Waals surface area contributed by atoms with Gasteiger partial charge in [-0.3, -0.25) is 9.59 Å². The monoisotopic (exact) mass is 418 g/mol. The molecule has 0 unspecified atom stereocenters. The van der Waals surface area contributed by atoms with Gasteiger partial charge < -0.3 is 15.0 Å². The van der Waals surface area contributed by atoms with Gasteiger partial charge in [-0.25, -0.2) is 4.39 Å². The van der Waals surface area contributed by atoms with Gasteiger partial charge in [0.1, 0.15) is 11.6 Å². The van der Waals surface area contributed by atoms with Crippen LogP contribution in [0.15, 0.2) is 72.8 Å². The lowest BCUT2D eigenvalue weighted by molar-refractivity contribution is -0.132. The molecular formula is C25H23FN2O3. The second-order valence-electron chi connectivity index (χ2n) is 7.95. The predicted molar refractivity (Wildman–Crippen MR) is 116 cm³/mol. The highest BCUT2D eigenvalue weighted by Gasteiger charge is 2.41. The Kier molecular flexibility index (Phi) is 5.46. The van der Waals surface area contributed by atoms with Crippen molar-refractivity contribution in [3.8, 4) is 5.75 Å². The van der Waals surface area contributed by atoms with E-state index < -0.39 is 11.4 Å². The summed E-state index contributed by atoms with van der Waals surface area (Å²) in [4.78, 5) is 27.3. The molecule has 0 atom stereocenters. The number of hydrogen-bond donors (Lipinski definition) is 1. The van der Waals surface area contributed by atoms with Crippen LogP contribution >= 0.6 is 0 Å². The number of rotatable bonds is 5. The van der Waals surface area contributed by atoms with E-state index in [9.17, 15) is 14.0 Å². The third kappa shape index (κ3) is 4.28. The summed E-state index contributed by atoms with van der Waals surface area (Å²) < 4.78 is 20.2. The number of fused-ring (bicyclic) bond motifs is 1. The highest BCUT2D eigenvalue weighted by atomic mass is 19.1. The van der Waals surface area contributed by atoms with Gasteiger partial charge in [0, 0.05) is 17.7 Å². The lowest BCUT2D eigenvalue weighted by Crippen LogP contribution is -2.52. The molecule has 1 aliphatic rings. The smallest absolute Gasteiger partial charge is 0.271 e. The molecule has 158 valence electrons. The molecule has 0 fully saturated rings. The lowest BCUT2D eigenvalue weighted by Gasteiger charge is -2.39. The van der Waals surface area contributed by atoms with E-state index in [1.165, 1.54) is 11.0 Å². The van der Waals surface area contributed by atoms with Gasteiger partial charge in [-0.05, 0) is 43.7 Å². The third-order valence-electron chi connectivity index (χ3n) is 5.22. The number of carbonyl (C=O) groups is 2. The lowest BCUT2D eigenvalue weighted by atomic mass is 10.0. The molecule has 0 aliphatic carbocycles. The molecule has 1 aliphatic heterocycles. The fourth-order valence-corrected chi connectivity index (χ4v) is 3.54. The second kappa shape index (κ2) is 8.22. The number of nitrogens with one attached hydrogen (secondary N) is 1. The topological polar surface area (TPSA) is 58.6 Å². The van der Waals surface area contributed by atoms with Crippen LogP contribution in [0.2, 0.25) is 0 Å². The molecule has 5 nitrogen and oxygen atoms in total. The van der Waals surface area contributed by atoms with E-state index in [1.807, 2.05) is 30.3 Å². The molecule has 0 bridgehead atoms. The number of carbonyl (C=O) groups excluding carboxylic acids is 2. The first-order valence-corrected chi connectivity index (χ1v) is 10.1. The van der Waals surface area contributed by atoms with E-state index >= 15 is 0 Å². The zero-order valence-corrected chi connectivity index (χ0v) is 17.4. The minimum atomic E-state index is -1.10. The maximum Gasteiger partial charge on any atom is 0.271 e. The SMILES string of the molecule is CC1(C)Oc2ccc(C(=O)NCc3ccccc3)cc2N(Cc2ccccc2F)C1=O. The summed E-state index contributed by atoms with van der Waals surface area (Å²) in [6, 6.07) is 20.9. The van der Waals surface area contributed by atoms with Crippen molar-refractivity contribution in [3.05, 3.63) is 95.3 Å². The number of nitrogens with zero attached hydrogens (tertiary/aromatic N) is 1. The Balaban J connectivity index is 1.63. The van der Waals surface area contributed by atoms with E-state index in [0.717, 1.165) is 5.56 Å². The fraction of sp³-hybridized carbons (Fsp3) is 0.200. The molecular weight excluding hydrogens is 395 g/mol. The molecule has 1 heterocycles. The highest BCUT2D eigenvalue weighted by molar-refractivity contribution is 6.04. The van der Waals surface area contributed by atoms with E-state index in [1.54, 1.807) is 50.2 Å². The van der Waals surface area contributed by atoms with Crippen LogP contribution in [0.1, 0.15) is 35.3 Å². The van der Waals surface area contributed by atoms with Crippen LogP contribution in [0.4, 0.5) is 10.1 Å². The van der Waals surface area contributed by atoms with Gasteiger partial charge in [0.05, 0.1) is 12.2 Å². The standard InChI is InChI=1S/C25H23FN2O3/c1-25(2)24(30)28(16-19-10-6-7-11-20(19)26)21-14-18(12-13-22(21)31-25)23(29)27-15-17-8-4-3-5-9-17/h3-14H,15-16H2,1-2H3,(H,27,29). The molecule has 31 heavy (non-hydrogen) atoms. The number of benzene rings is 3.